The van der Waals surface area contributed by atoms with Gasteiger partial charge in [-0.3, -0.25) is 4.79 Å². The molecule has 1 aliphatic rings. The van der Waals surface area contributed by atoms with Crippen LogP contribution in [0.1, 0.15) is 25.7 Å². The van der Waals surface area contributed by atoms with Crippen molar-refractivity contribution in [2.75, 3.05) is 26.0 Å². The Morgan fingerprint density at radius 3 is 2.43 bits per heavy atom. The minimum Gasteiger partial charge on any atom is -0.493 e. The molecular weight excluding hydrogens is 472 g/mol. The molecule has 3 rings (SSSR count). The van der Waals surface area contributed by atoms with E-state index < -0.39 is 15.9 Å². The molecule has 1 aliphatic carbocycles. The number of nitrogens with one attached hydrogen (secondary N) is 1. The molecule has 7 nitrogen and oxygen atoms in total. The zero-order valence-electron chi connectivity index (χ0n) is 16.9. The van der Waals surface area contributed by atoms with E-state index in [1.54, 1.807) is 37.4 Å². The molecule has 0 unspecified atom stereocenters. The summed E-state index contributed by atoms with van der Waals surface area (Å²) < 4.78 is 38.5. The number of ether oxygens (including phenoxy) is 2. The van der Waals surface area contributed by atoms with Crippen molar-refractivity contribution in [2.45, 2.75) is 36.7 Å². The summed E-state index contributed by atoms with van der Waals surface area (Å²) in [6, 6.07) is 11.4. The maximum Gasteiger partial charge on any atom is 0.243 e. The van der Waals surface area contributed by atoms with E-state index in [1.807, 2.05) is 0 Å². The highest BCUT2D eigenvalue weighted by atomic mass is 79.9. The third-order valence-electron chi connectivity index (χ3n) is 4.93. The number of hydrogen-bond acceptors (Lipinski definition) is 5. The van der Waals surface area contributed by atoms with Gasteiger partial charge in [0.15, 0.2) is 11.5 Å². The monoisotopic (exact) mass is 496 g/mol. The molecule has 30 heavy (non-hydrogen) atoms. The van der Waals surface area contributed by atoms with Crippen molar-refractivity contribution in [3.63, 3.8) is 0 Å². The molecule has 0 bridgehead atoms. The van der Waals surface area contributed by atoms with Crippen molar-refractivity contribution >= 4 is 37.5 Å². The molecule has 0 atom stereocenters. The first-order chi connectivity index (χ1) is 14.3. The molecule has 1 fully saturated rings. The summed E-state index contributed by atoms with van der Waals surface area (Å²) in [5.74, 6) is 0.711. The van der Waals surface area contributed by atoms with Gasteiger partial charge in [-0.05, 0) is 62.1 Å². The molecule has 0 saturated heterocycles. The number of amides is 1. The number of likely N-dealkylation sites (N-methyl/N-ethyl adjacent to an activating group) is 1. The highest BCUT2D eigenvalue weighted by molar-refractivity contribution is 9.10. The van der Waals surface area contributed by atoms with Crippen molar-refractivity contribution in [1.29, 1.82) is 0 Å². The highest BCUT2D eigenvalue weighted by Gasteiger charge is 2.23. The Morgan fingerprint density at radius 2 is 1.80 bits per heavy atom. The fraction of sp³-hybridized carbons (Fsp3) is 0.381. The number of halogens is 1. The van der Waals surface area contributed by atoms with E-state index in [9.17, 15) is 13.2 Å². The molecule has 162 valence electrons. The summed E-state index contributed by atoms with van der Waals surface area (Å²) in [5, 5.41) is 2.73. The Hall–Kier alpha value is -2.10. The largest absolute Gasteiger partial charge is 0.493 e. The smallest absolute Gasteiger partial charge is 0.243 e. The number of carbonyl (C=O) groups is 1. The maximum absolute atomic E-state index is 12.7. The Labute approximate surface area is 185 Å². The van der Waals surface area contributed by atoms with Gasteiger partial charge < -0.3 is 14.8 Å². The molecule has 0 aromatic heterocycles. The van der Waals surface area contributed by atoms with Crippen LogP contribution in [0.5, 0.6) is 11.5 Å². The van der Waals surface area contributed by atoms with Gasteiger partial charge in [0.2, 0.25) is 15.9 Å². The van der Waals surface area contributed by atoms with E-state index in [-0.39, 0.29) is 17.5 Å². The predicted molar refractivity (Wildman–Crippen MR) is 118 cm³/mol. The maximum atomic E-state index is 12.7. The molecule has 0 spiro atoms. The molecule has 0 heterocycles. The first-order valence-corrected chi connectivity index (χ1v) is 11.9. The van der Waals surface area contributed by atoms with Crippen molar-refractivity contribution in [3.05, 3.63) is 46.9 Å². The van der Waals surface area contributed by atoms with Gasteiger partial charge in [0, 0.05) is 23.3 Å². The van der Waals surface area contributed by atoms with Crippen LogP contribution in [0.2, 0.25) is 0 Å². The topological polar surface area (TPSA) is 84.9 Å². The number of anilines is 1. The first kappa shape index (κ1) is 22.6. The van der Waals surface area contributed by atoms with Crippen LogP contribution in [0.3, 0.4) is 0 Å². The summed E-state index contributed by atoms with van der Waals surface area (Å²) in [6.07, 6.45) is 4.43. The zero-order chi connectivity index (χ0) is 21.7. The van der Waals surface area contributed by atoms with Crippen molar-refractivity contribution in [1.82, 2.24) is 4.31 Å². The number of benzene rings is 2. The third-order valence-corrected chi connectivity index (χ3v) is 7.28. The second-order valence-corrected chi connectivity index (χ2v) is 10.1. The summed E-state index contributed by atoms with van der Waals surface area (Å²) in [7, 11) is -0.830. The molecule has 9 heteroatoms. The van der Waals surface area contributed by atoms with Gasteiger partial charge in [-0.1, -0.05) is 15.9 Å². The summed E-state index contributed by atoms with van der Waals surface area (Å²) in [5.41, 5.74) is 0.517. The Balaban J connectivity index is 1.67. The summed E-state index contributed by atoms with van der Waals surface area (Å²) in [6.45, 7) is -0.316. The summed E-state index contributed by atoms with van der Waals surface area (Å²) in [4.78, 5) is 12.6. The standard InChI is InChI=1S/C21H25BrN2O5S/c1-24(30(26,27)18-10-7-15(22)8-11-18)14-21(25)23-16-9-12-19(28-2)20(13-16)29-17-5-3-4-6-17/h7-13,17H,3-6,14H2,1-2H3,(H,23,25). The van der Waals surface area contributed by atoms with Crippen molar-refractivity contribution in [2.24, 2.45) is 0 Å². The van der Waals surface area contributed by atoms with Crippen LogP contribution in [0.4, 0.5) is 5.69 Å². The second kappa shape index (κ2) is 9.80. The number of sulfonamides is 1. The Morgan fingerprint density at radius 1 is 1.13 bits per heavy atom. The normalized spacial score (nSPS) is 14.7. The number of hydrogen-bond donors (Lipinski definition) is 1. The quantitative estimate of drug-likeness (QED) is 0.595. The van der Waals surface area contributed by atoms with E-state index in [4.69, 9.17) is 9.47 Å². The van der Waals surface area contributed by atoms with E-state index in [1.165, 1.54) is 19.2 Å². The van der Waals surface area contributed by atoms with Gasteiger partial charge in [0.05, 0.1) is 24.7 Å². The lowest BCUT2D eigenvalue weighted by Gasteiger charge is -2.18. The highest BCUT2D eigenvalue weighted by Crippen LogP contribution is 2.34. The van der Waals surface area contributed by atoms with Crippen LogP contribution in [0, 0.1) is 0 Å². The Kier molecular flexibility index (Phi) is 7.38. The fourth-order valence-corrected chi connectivity index (χ4v) is 4.70. The van der Waals surface area contributed by atoms with Gasteiger partial charge in [-0.15, -0.1) is 0 Å². The van der Waals surface area contributed by atoms with Gasteiger partial charge in [-0.2, -0.15) is 4.31 Å². The first-order valence-electron chi connectivity index (χ1n) is 9.66. The van der Waals surface area contributed by atoms with Crippen LogP contribution in [-0.4, -0.2) is 45.4 Å². The van der Waals surface area contributed by atoms with Crippen molar-refractivity contribution in [3.8, 4) is 11.5 Å². The second-order valence-electron chi connectivity index (χ2n) is 7.15. The van der Waals surface area contributed by atoms with Crippen molar-refractivity contribution < 1.29 is 22.7 Å². The van der Waals surface area contributed by atoms with Crippen LogP contribution in [0.15, 0.2) is 51.8 Å². The van der Waals surface area contributed by atoms with E-state index >= 15 is 0 Å². The zero-order valence-corrected chi connectivity index (χ0v) is 19.3. The lowest BCUT2D eigenvalue weighted by Crippen LogP contribution is -2.34. The number of methoxy groups -OCH3 is 1. The summed E-state index contributed by atoms with van der Waals surface area (Å²) >= 11 is 3.28. The Bertz CT molecular complexity index is 989. The van der Waals surface area contributed by atoms with Crippen LogP contribution < -0.4 is 14.8 Å². The van der Waals surface area contributed by atoms with Gasteiger partial charge in [0.1, 0.15) is 0 Å². The molecule has 0 radical (unpaired) electrons. The van der Waals surface area contributed by atoms with Crippen LogP contribution >= 0.6 is 15.9 Å². The third kappa shape index (κ3) is 5.53. The van der Waals surface area contributed by atoms with Gasteiger partial charge >= 0.3 is 0 Å². The van der Waals surface area contributed by atoms with Crippen LogP contribution in [0.25, 0.3) is 0 Å². The van der Waals surface area contributed by atoms with Gasteiger partial charge in [-0.25, -0.2) is 8.42 Å². The predicted octanol–water partition coefficient (Wildman–Crippen LogP) is 4.04. The molecule has 1 N–H and O–H groups in total. The number of rotatable bonds is 8. The van der Waals surface area contributed by atoms with Crippen LogP contribution in [-0.2, 0) is 14.8 Å². The average molecular weight is 497 g/mol. The lowest BCUT2D eigenvalue weighted by molar-refractivity contribution is -0.116. The SMILES string of the molecule is COc1ccc(NC(=O)CN(C)S(=O)(=O)c2ccc(Br)cc2)cc1OC1CCCC1. The molecular formula is C21H25BrN2O5S. The minimum atomic E-state index is -3.77. The van der Waals surface area contributed by atoms with E-state index in [0.717, 1.165) is 34.5 Å². The van der Waals surface area contributed by atoms with E-state index in [0.29, 0.717) is 17.2 Å². The lowest BCUT2D eigenvalue weighted by atomic mass is 10.2. The molecule has 0 aliphatic heterocycles. The molecule has 1 amide bonds. The molecule has 2 aromatic rings. The number of carbonyl (C=O) groups excluding carboxylic acids is 1. The van der Waals surface area contributed by atoms with E-state index in [2.05, 4.69) is 21.2 Å². The minimum absolute atomic E-state index is 0.123. The molecule has 2 aromatic carbocycles. The number of nitrogens with zero attached hydrogens (tertiary/aromatic N) is 1. The molecule has 1 saturated carbocycles. The fourth-order valence-electron chi connectivity index (χ4n) is 3.31. The van der Waals surface area contributed by atoms with Gasteiger partial charge in [0.25, 0.3) is 0 Å². The average Bonchev–Trinajstić information content (AvgIpc) is 3.21.